The van der Waals surface area contributed by atoms with Crippen LogP contribution in [0.25, 0.3) is 0 Å². The Bertz CT molecular complexity index is 598. The maximum atomic E-state index is 13.6. The zero-order valence-electron chi connectivity index (χ0n) is 11.6. The van der Waals surface area contributed by atoms with Crippen LogP contribution in [0.2, 0.25) is 0 Å². The zero-order chi connectivity index (χ0) is 15.5. The fourth-order valence-corrected chi connectivity index (χ4v) is 3.17. The molecule has 1 rings (SSSR count). The summed E-state index contributed by atoms with van der Waals surface area (Å²) in [5.41, 5.74) is 0.693. The lowest BCUT2D eigenvalue weighted by Crippen LogP contribution is -2.44. The molecular formula is C13H18FNO4S. The molecule has 7 heteroatoms. The van der Waals surface area contributed by atoms with Crippen molar-refractivity contribution in [3.63, 3.8) is 0 Å². The summed E-state index contributed by atoms with van der Waals surface area (Å²) in [5.74, 6) is -2.87. The summed E-state index contributed by atoms with van der Waals surface area (Å²) in [5, 5.41) is 8.96. The van der Waals surface area contributed by atoms with Gasteiger partial charge in [-0.15, -0.1) is 0 Å². The van der Waals surface area contributed by atoms with E-state index in [9.17, 15) is 17.6 Å². The van der Waals surface area contributed by atoms with Crippen molar-refractivity contribution in [2.75, 3.05) is 0 Å². The molecule has 0 aliphatic rings. The Kier molecular flexibility index (Phi) is 5.24. The van der Waals surface area contributed by atoms with Crippen LogP contribution in [0, 0.1) is 18.7 Å². The minimum atomic E-state index is -3.93. The molecule has 112 valence electrons. The third-order valence-electron chi connectivity index (χ3n) is 2.79. The number of carboxylic acids is 1. The monoisotopic (exact) mass is 303 g/mol. The Morgan fingerprint density at radius 1 is 1.40 bits per heavy atom. The molecule has 0 aliphatic carbocycles. The van der Waals surface area contributed by atoms with Gasteiger partial charge in [-0.3, -0.25) is 4.79 Å². The van der Waals surface area contributed by atoms with Gasteiger partial charge in [-0.1, -0.05) is 26.0 Å². The highest BCUT2D eigenvalue weighted by atomic mass is 32.2. The number of aliphatic carboxylic acids is 1. The molecule has 0 heterocycles. The van der Waals surface area contributed by atoms with Gasteiger partial charge >= 0.3 is 5.97 Å². The molecule has 20 heavy (non-hydrogen) atoms. The average Bonchev–Trinajstić information content (AvgIpc) is 2.29. The van der Waals surface area contributed by atoms with E-state index in [1.165, 1.54) is 12.1 Å². The molecule has 0 aromatic heterocycles. The van der Waals surface area contributed by atoms with Crippen LogP contribution in [0.1, 0.15) is 25.0 Å². The molecule has 0 saturated carbocycles. The topological polar surface area (TPSA) is 83.5 Å². The highest BCUT2D eigenvalue weighted by Gasteiger charge is 2.27. The summed E-state index contributed by atoms with van der Waals surface area (Å²) in [6.45, 7) is 4.88. The normalized spacial score (nSPS) is 13.4. The third kappa shape index (κ3) is 4.57. The predicted molar refractivity (Wildman–Crippen MR) is 73.2 cm³/mol. The molecule has 0 fully saturated rings. The lowest BCUT2D eigenvalue weighted by Gasteiger charge is -2.18. The quantitative estimate of drug-likeness (QED) is 0.837. The summed E-state index contributed by atoms with van der Waals surface area (Å²) in [6.07, 6.45) is 0. The fraction of sp³-hybridized carbons (Fsp3) is 0.462. The van der Waals surface area contributed by atoms with Crippen molar-refractivity contribution < 1.29 is 22.7 Å². The van der Waals surface area contributed by atoms with E-state index in [0.29, 0.717) is 5.56 Å². The van der Waals surface area contributed by atoms with Gasteiger partial charge in [0.2, 0.25) is 10.0 Å². The van der Waals surface area contributed by atoms with Crippen LogP contribution in [0.5, 0.6) is 0 Å². The summed E-state index contributed by atoms with van der Waals surface area (Å²) < 4.78 is 39.5. The lowest BCUT2D eigenvalue weighted by atomic mass is 10.1. The molecular weight excluding hydrogens is 285 g/mol. The van der Waals surface area contributed by atoms with Crippen molar-refractivity contribution in [2.45, 2.75) is 32.6 Å². The van der Waals surface area contributed by atoms with E-state index < -0.39 is 39.5 Å². The first-order valence-electron chi connectivity index (χ1n) is 6.10. The molecule has 0 spiro atoms. The standard InChI is InChI=1S/C13H18FNO4S/c1-8(2)12(13(16)17)15-20(18,19)7-10-5-4-9(3)6-11(10)14/h4-6,8,12,15H,7H2,1-3H3,(H,16,17)/t12-/m1/s1. The molecule has 0 aliphatic heterocycles. The lowest BCUT2D eigenvalue weighted by molar-refractivity contribution is -0.140. The van der Waals surface area contributed by atoms with E-state index >= 15 is 0 Å². The van der Waals surface area contributed by atoms with E-state index in [1.807, 2.05) is 0 Å². The number of carbonyl (C=O) groups is 1. The van der Waals surface area contributed by atoms with Gasteiger partial charge in [-0.25, -0.2) is 17.5 Å². The first-order chi connectivity index (χ1) is 9.12. The van der Waals surface area contributed by atoms with E-state index in [1.54, 1.807) is 26.8 Å². The number of aryl methyl sites for hydroxylation is 1. The molecule has 0 saturated heterocycles. The van der Waals surface area contributed by atoms with Gasteiger partial charge in [0.25, 0.3) is 0 Å². The third-order valence-corrected chi connectivity index (χ3v) is 4.10. The molecule has 1 atom stereocenters. The Hall–Kier alpha value is -1.47. The van der Waals surface area contributed by atoms with Crippen molar-refractivity contribution in [1.29, 1.82) is 0 Å². The van der Waals surface area contributed by atoms with Gasteiger partial charge < -0.3 is 5.11 Å². The van der Waals surface area contributed by atoms with Crippen LogP contribution in [0.15, 0.2) is 18.2 Å². The molecule has 0 unspecified atom stereocenters. The average molecular weight is 303 g/mol. The summed E-state index contributed by atoms with van der Waals surface area (Å²) in [7, 11) is -3.93. The second kappa shape index (κ2) is 6.32. The smallest absolute Gasteiger partial charge is 0.321 e. The van der Waals surface area contributed by atoms with Crippen molar-refractivity contribution in [3.05, 3.63) is 35.1 Å². The summed E-state index contributed by atoms with van der Waals surface area (Å²) in [6, 6.07) is 3.00. The first-order valence-corrected chi connectivity index (χ1v) is 7.75. The Morgan fingerprint density at radius 3 is 2.45 bits per heavy atom. The van der Waals surface area contributed by atoms with Crippen molar-refractivity contribution in [2.24, 2.45) is 5.92 Å². The van der Waals surface area contributed by atoms with Gasteiger partial charge in [-0.2, -0.15) is 0 Å². The molecule has 1 aromatic carbocycles. The molecule has 0 radical (unpaired) electrons. The van der Waals surface area contributed by atoms with E-state index in [-0.39, 0.29) is 5.56 Å². The summed E-state index contributed by atoms with van der Waals surface area (Å²) in [4.78, 5) is 11.0. The Balaban J connectivity index is 2.92. The number of sulfonamides is 1. The van der Waals surface area contributed by atoms with E-state index in [4.69, 9.17) is 5.11 Å². The Labute approximate surface area is 117 Å². The molecule has 2 N–H and O–H groups in total. The van der Waals surface area contributed by atoms with Gasteiger partial charge in [0.1, 0.15) is 11.9 Å². The van der Waals surface area contributed by atoms with Gasteiger partial charge in [0, 0.05) is 5.56 Å². The van der Waals surface area contributed by atoms with Gasteiger partial charge in [-0.05, 0) is 24.5 Å². The number of hydrogen-bond acceptors (Lipinski definition) is 3. The van der Waals surface area contributed by atoms with E-state index in [2.05, 4.69) is 4.72 Å². The van der Waals surface area contributed by atoms with Crippen LogP contribution in [-0.4, -0.2) is 25.5 Å². The van der Waals surface area contributed by atoms with Gasteiger partial charge in [0.05, 0.1) is 5.75 Å². The molecule has 0 amide bonds. The van der Waals surface area contributed by atoms with Crippen LogP contribution < -0.4 is 4.72 Å². The predicted octanol–water partition coefficient (Wildman–Crippen LogP) is 1.66. The second-order valence-electron chi connectivity index (χ2n) is 5.03. The number of rotatable bonds is 6. The first kappa shape index (κ1) is 16.6. The van der Waals surface area contributed by atoms with Crippen molar-refractivity contribution in [3.8, 4) is 0 Å². The van der Waals surface area contributed by atoms with E-state index in [0.717, 1.165) is 0 Å². The second-order valence-corrected chi connectivity index (χ2v) is 6.79. The minimum absolute atomic E-state index is 0.0102. The number of nitrogens with one attached hydrogen (secondary N) is 1. The molecule has 5 nitrogen and oxygen atoms in total. The number of carboxylic acid groups (broad SMARTS) is 1. The molecule has 0 bridgehead atoms. The zero-order valence-corrected chi connectivity index (χ0v) is 12.4. The van der Waals surface area contributed by atoms with Crippen molar-refractivity contribution in [1.82, 2.24) is 4.72 Å². The largest absolute Gasteiger partial charge is 0.480 e. The maximum absolute atomic E-state index is 13.6. The SMILES string of the molecule is Cc1ccc(CS(=O)(=O)N[C@@H](C(=O)O)C(C)C)c(F)c1. The fourth-order valence-electron chi connectivity index (χ4n) is 1.68. The molecule has 1 aromatic rings. The van der Waals surface area contributed by atoms with Gasteiger partial charge in [0.15, 0.2) is 0 Å². The number of benzene rings is 1. The number of hydrogen-bond donors (Lipinski definition) is 2. The van der Waals surface area contributed by atoms with Crippen LogP contribution in [0.3, 0.4) is 0 Å². The highest BCUT2D eigenvalue weighted by molar-refractivity contribution is 7.88. The summed E-state index contributed by atoms with van der Waals surface area (Å²) >= 11 is 0. The number of halogens is 1. The van der Waals surface area contributed by atoms with Crippen LogP contribution in [-0.2, 0) is 20.6 Å². The van der Waals surface area contributed by atoms with Crippen LogP contribution in [0.4, 0.5) is 4.39 Å². The minimum Gasteiger partial charge on any atom is -0.480 e. The highest BCUT2D eigenvalue weighted by Crippen LogP contribution is 2.14. The van der Waals surface area contributed by atoms with Crippen LogP contribution >= 0.6 is 0 Å². The Morgan fingerprint density at radius 2 is 2.00 bits per heavy atom. The van der Waals surface area contributed by atoms with Crippen molar-refractivity contribution >= 4 is 16.0 Å². The maximum Gasteiger partial charge on any atom is 0.321 e.